The second-order valence-electron chi connectivity index (χ2n) is 13.5. The lowest BCUT2D eigenvalue weighted by Crippen LogP contribution is -2.25. The van der Waals surface area contributed by atoms with Gasteiger partial charge in [-0.3, -0.25) is 0 Å². The minimum Gasteiger partial charge on any atom is -0.463 e. The van der Waals surface area contributed by atoms with Crippen LogP contribution in [0.4, 0.5) is 28.8 Å². The Kier molecular flexibility index (Phi) is 32.1. The summed E-state index contributed by atoms with van der Waals surface area (Å²) in [4.78, 5) is 128. The van der Waals surface area contributed by atoms with Crippen molar-refractivity contribution in [1.29, 1.82) is 0 Å². The minimum atomic E-state index is -0.944. The summed E-state index contributed by atoms with van der Waals surface area (Å²) in [5.74, 6) is -3.62. The molecule has 0 bridgehead atoms. The monoisotopic (exact) mass is 1070 g/mol. The standard InChI is InChI=1S/C9H12O5.2C8H10O5.2C7H8O5.C6H6O5/c1-2-3-4-5-12-8(10)7-6-13-9(11)14-7;2*1-2-3-4-11-7(9)6-5-12-8(10)13-6;2*1-2-3-10-6(8)5-4-11-7(9)12-5;1-2-9-5(7)4-3-10-6(8)11-4/h2,7H,1,3-6H2;2-3,6H,4-5H2,1H3;2,6H,1,3-5H2;2-3,5H,4H2,1H3;2,5H,1,3-4H2;2,4H,1,3H2/b;3-2+;;3-2+;;. The Hall–Kier alpha value is -9.12. The molecular formula is C45H54O30. The summed E-state index contributed by atoms with van der Waals surface area (Å²) in [7, 11) is 0. The molecule has 6 aliphatic rings. The van der Waals surface area contributed by atoms with Gasteiger partial charge in [-0.05, 0) is 33.1 Å². The molecule has 6 unspecified atom stereocenters. The van der Waals surface area contributed by atoms with Crippen molar-refractivity contribution < 1.29 is 143 Å². The van der Waals surface area contributed by atoms with E-state index < -0.39 is 109 Å². The fraction of sp³-hybridized carbons (Fsp3) is 0.467. The molecule has 0 aromatic rings. The lowest BCUT2D eigenvalue weighted by Gasteiger charge is -2.06. The fourth-order valence-electron chi connectivity index (χ4n) is 4.42. The number of unbranched alkanes of at least 4 members (excludes halogenated alkanes) is 1. The van der Waals surface area contributed by atoms with Gasteiger partial charge in [0.25, 0.3) is 0 Å². The van der Waals surface area contributed by atoms with Crippen LogP contribution in [0, 0.1) is 0 Å². The molecule has 6 saturated heterocycles. The van der Waals surface area contributed by atoms with Crippen LogP contribution in [-0.4, -0.2) is 175 Å². The number of ether oxygens (including phenoxy) is 18. The van der Waals surface area contributed by atoms with E-state index in [1.54, 1.807) is 37.3 Å². The molecule has 414 valence electrons. The molecule has 0 aliphatic carbocycles. The van der Waals surface area contributed by atoms with Gasteiger partial charge in [0.2, 0.25) is 36.6 Å². The van der Waals surface area contributed by atoms with Crippen molar-refractivity contribution in [2.75, 3.05) is 66.1 Å². The van der Waals surface area contributed by atoms with Crippen molar-refractivity contribution in [3.8, 4) is 0 Å². The van der Waals surface area contributed by atoms with Gasteiger partial charge in [0, 0.05) is 0 Å². The summed E-state index contributed by atoms with van der Waals surface area (Å²) < 4.78 is 81.0. The summed E-state index contributed by atoms with van der Waals surface area (Å²) in [5, 5.41) is 0. The van der Waals surface area contributed by atoms with Crippen molar-refractivity contribution in [3.63, 3.8) is 0 Å². The largest absolute Gasteiger partial charge is 0.509 e. The van der Waals surface area contributed by atoms with Crippen LogP contribution in [0.2, 0.25) is 0 Å². The van der Waals surface area contributed by atoms with Gasteiger partial charge in [-0.15, -0.1) is 13.2 Å². The van der Waals surface area contributed by atoms with Crippen molar-refractivity contribution in [2.24, 2.45) is 0 Å². The minimum absolute atomic E-state index is 0.0564. The van der Waals surface area contributed by atoms with E-state index in [0.717, 1.165) is 19.1 Å². The molecule has 30 heteroatoms. The predicted molar refractivity (Wildman–Crippen MR) is 238 cm³/mol. The lowest BCUT2D eigenvalue weighted by atomic mass is 10.3. The van der Waals surface area contributed by atoms with E-state index in [4.69, 9.17) is 14.2 Å². The normalized spacial score (nSPS) is 21.0. The van der Waals surface area contributed by atoms with E-state index in [1.807, 2.05) is 6.92 Å². The Morgan fingerprint density at radius 3 is 1.07 bits per heavy atom. The molecule has 30 nitrogen and oxygen atoms in total. The molecule has 6 fully saturated rings. The highest BCUT2D eigenvalue weighted by atomic mass is 16.8. The second kappa shape index (κ2) is 37.6. The number of hydrogen-bond donors (Lipinski definition) is 0. The molecule has 6 rings (SSSR count). The van der Waals surface area contributed by atoms with E-state index >= 15 is 0 Å². The van der Waals surface area contributed by atoms with E-state index in [1.165, 1.54) is 12.3 Å². The molecular weight excluding hydrogens is 1020 g/mol. The van der Waals surface area contributed by atoms with Crippen LogP contribution < -0.4 is 0 Å². The van der Waals surface area contributed by atoms with Gasteiger partial charge >= 0.3 is 72.7 Å². The third-order valence-electron chi connectivity index (χ3n) is 7.91. The van der Waals surface area contributed by atoms with Crippen molar-refractivity contribution in [3.05, 3.63) is 75.3 Å². The number of esters is 6. The molecule has 0 N–H and O–H groups in total. The first-order valence-electron chi connectivity index (χ1n) is 21.7. The maximum atomic E-state index is 11.1. The van der Waals surface area contributed by atoms with Crippen LogP contribution in [0.1, 0.15) is 33.1 Å². The molecule has 75 heavy (non-hydrogen) atoms. The second-order valence-corrected chi connectivity index (χ2v) is 13.5. The molecule has 0 saturated carbocycles. The fourth-order valence-corrected chi connectivity index (χ4v) is 4.42. The van der Waals surface area contributed by atoms with Gasteiger partial charge < -0.3 is 85.3 Å². The zero-order valence-electron chi connectivity index (χ0n) is 40.4. The van der Waals surface area contributed by atoms with Crippen LogP contribution in [0.25, 0.3) is 0 Å². The highest BCUT2D eigenvalue weighted by molar-refractivity contribution is 5.82. The zero-order valence-corrected chi connectivity index (χ0v) is 40.4. The maximum Gasteiger partial charge on any atom is 0.509 e. The Morgan fingerprint density at radius 2 is 0.760 bits per heavy atom. The summed E-state index contributed by atoms with van der Waals surface area (Å²) >= 11 is 0. The molecule has 0 amide bonds. The summed E-state index contributed by atoms with van der Waals surface area (Å²) in [6.07, 6.45) is 3.55. The van der Waals surface area contributed by atoms with Gasteiger partial charge in [-0.25, -0.2) is 57.5 Å². The van der Waals surface area contributed by atoms with E-state index in [9.17, 15) is 57.5 Å². The van der Waals surface area contributed by atoms with Crippen LogP contribution in [0.5, 0.6) is 0 Å². The Labute approximate surface area is 426 Å². The maximum absolute atomic E-state index is 11.1. The molecule has 0 spiro atoms. The third kappa shape index (κ3) is 27.9. The summed E-state index contributed by atoms with van der Waals surface area (Å²) in [6.45, 7) is 17.5. The zero-order chi connectivity index (χ0) is 56.0. The van der Waals surface area contributed by atoms with Gasteiger partial charge in [-0.2, -0.15) is 0 Å². The van der Waals surface area contributed by atoms with Crippen molar-refractivity contribution in [1.82, 2.24) is 0 Å². The predicted octanol–water partition coefficient (Wildman–Crippen LogP) is 3.37. The molecule has 6 aliphatic heterocycles. The number of allylic oxidation sites excluding steroid dienone is 3. The summed E-state index contributed by atoms with van der Waals surface area (Å²) in [5.41, 5.74) is 0. The highest BCUT2D eigenvalue weighted by Crippen LogP contribution is 2.12. The van der Waals surface area contributed by atoms with Gasteiger partial charge in [0.1, 0.15) is 52.9 Å². The molecule has 0 radical (unpaired) electrons. The lowest BCUT2D eigenvalue weighted by molar-refractivity contribution is -0.152. The van der Waals surface area contributed by atoms with Crippen LogP contribution in [0.3, 0.4) is 0 Å². The first-order valence-corrected chi connectivity index (χ1v) is 21.7. The first kappa shape index (κ1) is 63.9. The Balaban J connectivity index is 0.000000451. The first-order chi connectivity index (χ1) is 35.9. The molecule has 0 aromatic carbocycles. The van der Waals surface area contributed by atoms with Gasteiger partial charge in [0.15, 0.2) is 0 Å². The van der Waals surface area contributed by atoms with E-state index in [-0.39, 0.29) is 59.5 Å². The number of hydrogen-bond acceptors (Lipinski definition) is 30. The highest BCUT2D eigenvalue weighted by Gasteiger charge is 2.36. The number of cyclic esters (lactones) is 12. The molecule has 0 aromatic heterocycles. The summed E-state index contributed by atoms with van der Waals surface area (Å²) in [6, 6.07) is 0. The van der Waals surface area contributed by atoms with Crippen LogP contribution in [-0.2, 0) is 114 Å². The van der Waals surface area contributed by atoms with Gasteiger partial charge in [-0.1, -0.05) is 49.6 Å². The molecule has 6 atom stereocenters. The van der Waals surface area contributed by atoms with Crippen LogP contribution in [0.15, 0.2) is 75.3 Å². The SMILES string of the molecule is C/C=C/COC(=O)C1COC(=O)O1.C/C=C/OC(=O)C1COC(=O)O1.C=CCCCOC(=O)C1COC(=O)O1.C=CCCOC(=O)C1COC(=O)O1.C=CCOC(=O)C1COC(=O)O1.C=COC(=O)C1COC(=O)O1. The third-order valence-corrected chi connectivity index (χ3v) is 7.91. The Bertz CT molecular complexity index is 2060. The smallest absolute Gasteiger partial charge is 0.463 e. The Morgan fingerprint density at radius 1 is 0.427 bits per heavy atom. The van der Waals surface area contributed by atoms with Gasteiger partial charge in [0.05, 0.1) is 25.7 Å². The van der Waals surface area contributed by atoms with Crippen molar-refractivity contribution >= 4 is 72.7 Å². The van der Waals surface area contributed by atoms with Crippen LogP contribution >= 0.6 is 0 Å². The average molecular weight is 1070 g/mol. The number of carbonyl (C=O) groups is 12. The average Bonchev–Trinajstić information content (AvgIpc) is 4.28. The van der Waals surface area contributed by atoms with E-state index in [2.05, 4.69) is 97.4 Å². The molecule has 6 heterocycles. The number of carbonyl (C=O) groups excluding carboxylic acids is 12. The topological polar surface area (TPSA) is 371 Å². The van der Waals surface area contributed by atoms with Crippen molar-refractivity contribution in [2.45, 2.75) is 69.7 Å². The number of rotatable bonds is 19. The quantitative estimate of drug-likeness (QED) is 0.0588. The van der Waals surface area contributed by atoms with E-state index in [0.29, 0.717) is 13.0 Å².